The van der Waals surface area contributed by atoms with Crippen LogP contribution in [0.15, 0.2) is 46.2 Å². The van der Waals surface area contributed by atoms with Crippen molar-refractivity contribution in [2.45, 2.75) is 13.8 Å². The maximum Gasteiger partial charge on any atom is 0.261 e. The minimum atomic E-state index is -0.389. The predicted octanol–water partition coefficient (Wildman–Crippen LogP) is 2.78. The van der Waals surface area contributed by atoms with Gasteiger partial charge in [-0.15, -0.1) is 0 Å². The first kappa shape index (κ1) is 14.9. The van der Waals surface area contributed by atoms with Gasteiger partial charge >= 0.3 is 0 Å². The number of anilines is 1. The van der Waals surface area contributed by atoms with E-state index >= 15 is 0 Å². The van der Waals surface area contributed by atoms with Gasteiger partial charge in [0.25, 0.3) is 5.56 Å². The molecule has 0 radical (unpaired) electrons. The second-order valence-electron chi connectivity index (χ2n) is 3.66. The van der Waals surface area contributed by atoms with Gasteiger partial charge in [-0.3, -0.25) is 4.79 Å². The lowest BCUT2D eigenvalue weighted by atomic mass is 10.2. The molecular formula is C13H15ClN4O. The van der Waals surface area contributed by atoms with E-state index in [1.807, 2.05) is 19.9 Å². The number of rotatable bonds is 5. The third-order valence-electron chi connectivity index (χ3n) is 2.52. The van der Waals surface area contributed by atoms with Gasteiger partial charge in [-0.05, 0) is 25.5 Å². The Hall–Kier alpha value is -2.14. The zero-order chi connectivity index (χ0) is 14.4. The first-order chi connectivity index (χ1) is 9.04. The van der Waals surface area contributed by atoms with Gasteiger partial charge in [0.2, 0.25) is 0 Å². The number of hydrogen-bond donors (Lipinski definition) is 3. The summed E-state index contributed by atoms with van der Waals surface area (Å²) in [5.74, 6) is 0.273. The summed E-state index contributed by atoms with van der Waals surface area (Å²) in [7, 11) is 0. The molecule has 5 nitrogen and oxygen atoms in total. The minimum absolute atomic E-state index is 0.137. The number of nitrogens with zero attached hydrogens (tertiary/aromatic N) is 1. The summed E-state index contributed by atoms with van der Waals surface area (Å²) >= 11 is 6.08. The second-order valence-corrected chi connectivity index (χ2v) is 4.07. The van der Waals surface area contributed by atoms with E-state index in [-0.39, 0.29) is 16.9 Å². The van der Waals surface area contributed by atoms with Crippen molar-refractivity contribution in [2.24, 2.45) is 0 Å². The number of nitrogens with one attached hydrogen (secondary N) is 3. The van der Waals surface area contributed by atoms with Crippen LogP contribution in [-0.2, 0) is 0 Å². The molecule has 6 heteroatoms. The van der Waals surface area contributed by atoms with Gasteiger partial charge in [0.1, 0.15) is 5.82 Å². The Morgan fingerprint density at radius 3 is 2.84 bits per heavy atom. The molecule has 1 aromatic rings. The lowest BCUT2D eigenvalue weighted by Crippen LogP contribution is -2.17. The first-order valence-corrected chi connectivity index (χ1v) is 5.93. The van der Waals surface area contributed by atoms with E-state index in [4.69, 9.17) is 17.0 Å². The molecule has 0 atom stereocenters. The molecule has 0 saturated carbocycles. The fourth-order valence-corrected chi connectivity index (χ4v) is 1.55. The third kappa shape index (κ3) is 3.42. The minimum Gasteiger partial charge on any atom is -0.338 e. The Morgan fingerprint density at radius 1 is 1.63 bits per heavy atom. The molecule has 0 bridgehead atoms. The van der Waals surface area contributed by atoms with Crippen molar-refractivity contribution >= 4 is 23.6 Å². The van der Waals surface area contributed by atoms with Crippen molar-refractivity contribution < 1.29 is 0 Å². The van der Waals surface area contributed by atoms with Gasteiger partial charge in [-0.2, -0.15) is 0 Å². The lowest BCUT2D eigenvalue weighted by Gasteiger charge is -2.13. The summed E-state index contributed by atoms with van der Waals surface area (Å²) in [6.45, 7) is 7.34. The van der Waals surface area contributed by atoms with E-state index in [0.717, 1.165) is 11.8 Å². The van der Waals surface area contributed by atoms with Crippen LogP contribution in [0.2, 0.25) is 0 Å². The molecule has 0 fully saturated rings. The highest BCUT2D eigenvalue weighted by molar-refractivity contribution is 6.32. The van der Waals surface area contributed by atoms with Crippen LogP contribution in [0.4, 0.5) is 5.82 Å². The Bertz CT molecular complexity index is 613. The van der Waals surface area contributed by atoms with Crippen molar-refractivity contribution in [3.05, 3.63) is 57.3 Å². The fraction of sp³-hybridized carbons (Fsp3) is 0.154. The summed E-state index contributed by atoms with van der Waals surface area (Å²) in [6, 6.07) is 0. The van der Waals surface area contributed by atoms with Gasteiger partial charge in [0.05, 0.1) is 22.6 Å². The Morgan fingerprint density at radius 2 is 2.32 bits per heavy atom. The third-order valence-corrected chi connectivity index (χ3v) is 2.87. The van der Waals surface area contributed by atoms with Gasteiger partial charge in [0, 0.05) is 6.21 Å². The molecule has 0 aliphatic heterocycles. The van der Waals surface area contributed by atoms with Crippen molar-refractivity contribution in [3.63, 3.8) is 0 Å². The molecule has 0 aliphatic carbocycles. The molecule has 0 amide bonds. The number of hydrogen-bond acceptors (Lipinski definition) is 4. The molecule has 0 aromatic carbocycles. The monoisotopic (exact) mass is 278 g/mol. The number of halogens is 1. The zero-order valence-corrected chi connectivity index (χ0v) is 11.5. The van der Waals surface area contributed by atoms with Crippen LogP contribution >= 0.6 is 11.6 Å². The average Bonchev–Trinajstić information content (AvgIpc) is 2.43. The molecule has 3 N–H and O–H groups in total. The summed E-state index contributed by atoms with van der Waals surface area (Å²) in [6.07, 6.45) is 5.57. The van der Waals surface area contributed by atoms with Crippen LogP contribution < -0.4 is 10.9 Å². The molecule has 1 aromatic heterocycles. The normalized spacial score (nSPS) is 12.7. The quantitative estimate of drug-likeness (QED) is 0.572. The van der Waals surface area contributed by atoms with E-state index in [1.54, 1.807) is 0 Å². The molecule has 0 saturated heterocycles. The summed E-state index contributed by atoms with van der Waals surface area (Å²) in [5.41, 5.74) is 1.22. The van der Waals surface area contributed by atoms with Crippen LogP contribution in [0.25, 0.3) is 0 Å². The second kappa shape index (κ2) is 6.70. The van der Waals surface area contributed by atoms with Gasteiger partial charge < -0.3 is 15.7 Å². The Balaban J connectivity index is 3.34. The van der Waals surface area contributed by atoms with Gasteiger partial charge in [0.15, 0.2) is 0 Å². The number of aromatic amines is 1. The summed E-state index contributed by atoms with van der Waals surface area (Å²) < 4.78 is 0. The maximum absolute atomic E-state index is 11.6. The summed E-state index contributed by atoms with van der Waals surface area (Å²) in [5, 5.41) is 10.6. The fourth-order valence-electron chi connectivity index (χ4n) is 1.36. The van der Waals surface area contributed by atoms with E-state index in [1.165, 1.54) is 12.4 Å². The molecule has 1 heterocycles. The van der Waals surface area contributed by atoms with Crippen LogP contribution in [0.5, 0.6) is 0 Å². The van der Waals surface area contributed by atoms with E-state index in [0.29, 0.717) is 10.7 Å². The predicted molar refractivity (Wildman–Crippen MR) is 78.9 cm³/mol. The average molecular weight is 279 g/mol. The van der Waals surface area contributed by atoms with Crippen molar-refractivity contribution in [1.82, 2.24) is 9.97 Å². The zero-order valence-electron chi connectivity index (χ0n) is 10.7. The molecule has 0 spiro atoms. The van der Waals surface area contributed by atoms with E-state index < -0.39 is 0 Å². The van der Waals surface area contributed by atoms with E-state index in [2.05, 4.69) is 21.9 Å². The van der Waals surface area contributed by atoms with Crippen LogP contribution in [-0.4, -0.2) is 16.2 Å². The lowest BCUT2D eigenvalue weighted by molar-refractivity contribution is 1.10. The van der Waals surface area contributed by atoms with Crippen LogP contribution in [0.1, 0.15) is 19.4 Å². The highest BCUT2D eigenvalue weighted by Gasteiger charge is 2.10. The smallest absolute Gasteiger partial charge is 0.261 e. The standard InChI is InChI=1S/C13H15ClN4O/c1-4-8(3)11(10(14)5-2)18-12-9(6-15)13(19)17-7-16-12/h4-7,15H,2H2,1,3H3,(H2,16,17,18,19)/b8-4-,11-10-,15-6?. The highest BCUT2D eigenvalue weighted by atomic mass is 35.5. The largest absolute Gasteiger partial charge is 0.338 e. The van der Waals surface area contributed by atoms with Crippen molar-refractivity contribution in [2.75, 3.05) is 5.32 Å². The first-order valence-electron chi connectivity index (χ1n) is 5.55. The Kier molecular flexibility index (Phi) is 5.26. The Labute approximate surface area is 116 Å². The van der Waals surface area contributed by atoms with Gasteiger partial charge in [-0.1, -0.05) is 24.3 Å². The molecule has 100 valence electrons. The number of H-pyrrole nitrogens is 1. The number of allylic oxidation sites excluding steroid dienone is 4. The SMILES string of the molecule is C=C/C(Cl)=C(Nc1nc[nH]c(=O)c1C=N)\C(C)=C/C. The van der Waals surface area contributed by atoms with Crippen molar-refractivity contribution in [1.29, 1.82) is 5.41 Å². The molecule has 1 rings (SSSR count). The topological polar surface area (TPSA) is 81.6 Å². The highest BCUT2D eigenvalue weighted by Crippen LogP contribution is 2.21. The maximum atomic E-state index is 11.6. The molecule has 0 unspecified atom stereocenters. The molecule has 19 heavy (non-hydrogen) atoms. The molecule has 0 aliphatic rings. The van der Waals surface area contributed by atoms with Crippen molar-refractivity contribution in [3.8, 4) is 0 Å². The van der Waals surface area contributed by atoms with Crippen LogP contribution in [0, 0.1) is 5.41 Å². The molecular weight excluding hydrogens is 264 g/mol. The number of aromatic nitrogens is 2. The van der Waals surface area contributed by atoms with Gasteiger partial charge in [-0.25, -0.2) is 4.98 Å². The summed E-state index contributed by atoms with van der Waals surface area (Å²) in [4.78, 5) is 18.0. The van der Waals surface area contributed by atoms with E-state index in [9.17, 15) is 4.79 Å². The van der Waals surface area contributed by atoms with Crippen LogP contribution in [0.3, 0.4) is 0 Å².